The normalized spacial score (nSPS) is 14.1. The zero-order valence-electron chi connectivity index (χ0n) is 10.2. The van der Waals surface area contributed by atoms with Gasteiger partial charge < -0.3 is 4.90 Å². The molecule has 19 heavy (non-hydrogen) atoms. The topological polar surface area (TPSA) is 46.1 Å². The van der Waals surface area contributed by atoms with E-state index in [1.807, 2.05) is 12.1 Å². The molecule has 0 radical (unpaired) electrons. The van der Waals surface area contributed by atoms with Gasteiger partial charge in [0.2, 0.25) is 0 Å². The quantitative estimate of drug-likeness (QED) is 0.801. The lowest BCUT2D eigenvalue weighted by molar-refractivity contribution is 0.0728. The monoisotopic (exact) mass is 273 g/mol. The van der Waals surface area contributed by atoms with Crippen molar-refractivity contribution in [2.24, 2.45) is 0 Å². The first-order chi connectivity index (χ1) is 9.24. The molecule has 0 unspecified atom stereocenters. The van der Waals surface area contributed by atoms with Crippen LogP contribution in [0.1, 0.15) is 21.6 Å². The highest BCUT2D eigenvalue weighted by molar-refractivity contribution is 6.29. The maximum Gasteiger partial charge on any atom is 0.274 e. The molecular weight excluding hydrogens is 262 g/mol. The number of amides is 1. The van der Waals surface area contributed by atoms with Crippen molar-refractivity contribution >= 4 is 17.5 Å². The van der Waals surface area contributed by atoms with Gasteiger partial charge in [-0.3, -0.25) is 9.78 Å². The fourth-order valence-corrected chi connectivity index (χ4v) is 2.42. The average molecular weight is 274 g/mol. The second kappa shape index (κ2) is 4.97. The number of carbonyl (C=O) groups excluding carboxylic acids is 1. The Bertz CT molecular complexity index is 630. The summed E-state index contributed by atoms with van der Waals surface area (Å²) in [6.07, 6.45) is 3.74. The molecule has 5 heteroatoms. The summed E-state index contributed by atoms with van der Waals surface area (Å²) in [5.74, 6) is -0.121. The summed E-state index contributed by atoms with van der Waals surface area (Å²) in [5.41, 5.74) is 2.80. The predicted octanol–water partition coefficient (Wildman–Crippen LogP) is 2.33. The van der Waals surface area contributed by atoms with Crippen LogP contribution in [0.2, 0.25) is 5.15 Å². The van der Waals surface area contributed by atoms with Crippen LogP contribution in [0.3, 0.4) is 0 Å². The van der Waals surface area contributed by atoms with E-state index in [4.69, 9.17) is 11.6 Å². The van der Waals surface area contributed by atoms with Crippen LogP contribution in [-0.2, 0) is 13.0 Å². The van der Waals surface area contributed by atoms with Gasteiger partial charge >= 0.3 is 0 Å². The van der Waals surface area contributed by atoms with Gasteiger partial charge in [0.25, 0.3) is 5.91 Å². The molecule has 0 fully saturated rings. The van der Waals surface area contributed by atoms with Crippen LogP contribution in [0.5, 0.6) is 0 Å². The van der Waals surface area contributed by atoms with E-state index in [0.717, 1.165) is 6.42 Å². The highest BCUT2D eigenvalue weighted by Crippen LogP contribution is 2.19. The van der Waals surface area contributed by atoms with E-state index in [0.29, 0.717) is 18.8 Å². The Labute approximate surface area is 116 Å². The molecule has 1 aromatic carbocycles. The van der Waals surface area contributed by atoms with Crippen molar-refractivity contribution in [1.29, 1.82) is 0 Å². The van der Waals surface area contributed by atoms with Crippen LogP contribution >= 0.6 is 11.6 Å². The molecule has 0 atom stereocenters. The fourth-order valence-electron chi connectivity index (χ4n) is 2.28. The van der Waals surface area contributed by atoms with Crippen molar-refractivity contribution in [3.8, 4) is 0 Å². The molecule has 4 nitrogen and oxygen atoms in total. The van der Waals surface area contributed by atoms with E-state index in [2.05, 4.69) is 22.1 Å². The molecule has 1 aromatic heterocycles. The first-order valence-corrected chi connectivity index (χ1v) is 6.45. The summed E-state index contributed by atoms with van der Waals surface area (Å²) in [6, 6.07) is 8.18. The number of nitrogens with zero attached hydrogens (tertiary/aromatic N) is 3. The van der Waals surface area contributed by atoms with Gasteiger partial charge in [-0.05, 0) is 17.5 Å². The van der Waals surface area contributed by atoms with Gasteiger partial charge in [-0.15, -0.1) is 0 Å². The van der Waals surface area contributed by atoms with Crippen molar-refractivity contribution in [2.45, 2.75) is 13.0 Å². The molecule has 2 heterocycles. The molecule has 0 saturated heterocycles. The summed E-state index contributed by atoms with van der Waals surface area (Å²) in [6.45, 7) is 1.31. The number of rotatable bonds is 1. The summed E-state index contributed by atoms with van der Waals surface area (Å²) in [4.78, 5) is 22.0. The maximum absolute atomic E-state index is 12.3. The molecule has 1 aliphatic rings. The van der Waals surface area contributed by atoms with E-state index in [-0.39, 0.29) is 11.1 Å². The van der Waals surface area contributed by atoms with Crippen molar-refractivity contribution in [2.75, 3.05) is 6.54 Å². The van der Waals surface area contributed by atoms with Crippen LogP contribution in [0.4, 0.5) is 0 Å². The first-order valence-electron chi connectivity index (χ1n) is 6.07. The Morgan fingerprint density at radius 2 is 2.00 bits per heavy atom. The number of hydrogen-bond donors (Lipinski definition) is 0. The summed E-state index contributed by atoms with van der Waals surface area (Å²) in [5, 5.41) is 0.239. The minimum absolute atomic E-state index is 0.121. The third-order valence-corrected chi connectivity index (χ3v) is 3.42. The molecule has 3 rings (SSSR count). The average Bonchev–Trinajstić information content (AvgIpc) is 2.46. The van der Waals surface area contributed by atoms with Crippen LogP contribution < -0.4 is 0 Å². The van der Waals surface area contributed by atoms with Crippen LogP contribution in [0.25, 0.3) is 0 Å². The molecule has 0 N–H and O–H groups in total. The lowest BCUT2D eigenvalue weighted by atomic mass is 10.00. The predicted molar refractivity (Wildman–Crippen MR) is 71.9 cm³/mol. The minimum Gasteiger partial charge on any atom is -0.333 e. The molecule has 0 bridgehead atoms. The molecule has 0 spiro atoms. The Hall–Kier alpha value is -1.94. The van der Waals surface area contributed by atoms with Crippen molar-refractivity contribution in [3.05, 3.63) is 58.6 Å². The van der Waals surface area contributed by atoms with Gasteiger partial charge in [0, 0.05) is 13.1 Å². The van der Waals surface area contributed by atoms with E-state index >= 15 is 0 Å². The zero-order chi connectivity index (χ0) is 13.2. The number of aromatic nitrogens is 2. The molecule has 2 aromatic rings. The molecule has 0 saturated carbocycles. The van der Waals surface area contributed by atoms with E-state index in [1.54, 1.807) is 4.90 Å². The number of carbonyl (C=O) groups is 1. The number of benzene rings is 1. The standard InChI is InChI=1S/C14H12ClN3O/c15-13-8-16-7-12(17-13)14(19)18-6-5-10-3-1-2-4-11(10)9-18/h1-4,7-8H,5-6,9H2. The summed E-state index contributed by atoms with van der Waals surface area (Å²) < 4.78 is 0. The Morgan fingerprint density at radius 3 is 2.79 bits per heavy atom. The van der Waals surface area contributed by atoms with Crippen molar-refractivity contribution in [3.63, 3.8) is 0 Å². The molecule has 1 aliphatic heterocycles. The SMILES string of the molecule is O=C(c1cncc(Cl)n1)N1CCc2ccccc2C1. The molecular formula is C14H12ClN3O. The number of fused-ring (bicyclic) bond motifs is 1. The third kappa shape index (κ3) is 2.44. The Morgan fingerprint density at radius 1 is 1.21 bits per heavy atom. The lowest BCUT2D eigenvalue weighted by Crippen LogP contribution is -2.36. The minimum atomic E-state index is -0.121. The number of halogens is 1. The van der Waals surface area contributed by atoms with Gasteiger partial charge in [-0.25, -0.2) is 4.98 Å². The van der Waals surface area contributed by atoms with E-state index in [1.165, 1.54) is 23.5 Å². The highest BCUT2D eigenvalue weighted by Gasteiger charge is 2.22. The lowest BCUT2D eigenvalue weighted by Gasteiger charge is -2.28. The first kappa shape index (κ1) is 12.1. The van der Waals surface area contributed by atoms with Gasteiger partial charge in [-0.2, -0.15) is 0 Å². The molecule has 96 valence electrons. The van der Waals surface area contributed by atoms with Crippen LogP contribution in [-0.4, -0.2) is 27.3 Å². The fraction of sp³-hybridized carbons (Fsp3) is 0.214. The van der Waals surface area contributed by atoms with Crippen LogP contribution in [0.15, 0.2) is 36.7 Å². The second-order valence-corrected chi connectivity index (χ2v) is 4.86. The largest absolute Gasteiger partial charge is 0.333 e. The van der Waals surface area contributed by atoms with E-state index < -0.39 is 0 Å². The molecule has 1 amide bonds. The smallest absolute Gasteiger partial charge is 0.274 e. The van der Waals surface area contributed by atoms with E-state index in [9.17, 15) is 4.79 Å². The van der Waals surface area contributed by atoms with Gasteiger partial charge in [0.15, 0.2) is 0 Å². The third-order valence-electron chi connectivity index (χ3n) is 3.24. The summed E-state index contributed by atoms with van der Waals surface area (Å²) >= 11 is 5.76. The summed E-state index contributed by atoms with van der Waals surface area (Å²) in [7, 11) is 0. The Kier molecular flexibility index (Phi) is 3.17. The van der Waals surface area contributed by atoms with Gasteiger partial charge in [0.05, 0.1) is 12.4 Å². The van der Waals surface area contributed by atoms with Gasteiger partial charge in [0.1, 0.15) is 10.8 Å². The molecule has 0 aliphatic carbocycles. The maximum atomic E-state index is 12.3. The van der Waals surface area contributed by atoms with Gasteiger partial charge in [-0.1, -0.05) is 35.9 Å². The highest BCUT2D eigenvalue weighted by atomic mass is 35.5. The second-order valence-electron chi connectivity index (χ2n) is 4.47. The number of hydrogen-bond acceptors (Lipinski definition) is 3. The van der Waals surface area contributed by atoms with Crippen molar-refractivity contribution in [1.82, 2.24) is 14.9 Å². The van der Waals surface area contributed by atoms with Crippen LogP contribution in [0, 0.1) is 0 Å². The Balaban J connectivity index is 1.83. The van der Waals surface area contributed by atoms with Crippen molar-refractivity contribution < 1.29 is 4.79 Å². The zero-order valence-corrected chi connectivity index (χ0v) is 11.0.